The molecule has 8 nitrogen and oxygen atoms in total. The molecular formula is C15H12ClF2N3O5. The Bertz CT molecular complexity index is 1050. The lowest BCUT2D eigenvalue weighted by Crippen LogP contribution is -2.42. The zero-order valence-corrected chi connectivity index (χ0v) is 14.3. The fourth-order valence-corrected chi connectivity index (χ4v) is 2.31. The molecule has 0 spiro atoms. The van der Waals surface area contributed by atoms with Crippen LogP contribution in [0.2, 0.25) is 5.02 Å². The Kier molecular flexibility index (Phi) is 5.26. The van der Waals surface area contributed by atoms with Gasteiger partial charge in [0.1, 0.15) is 11.4 Å². The monoisotopic (exact) mass is 387 g/mol. The summed E-state index contributed by atoms with van der Waals surface area (Å²) in [5, 5.41) is -0.418. The van der Waals surface area contributed by atoms with Crippen LogP contribution < -0.4 is 17.0 Å². The summed E-state index contributed by atoms with van der Waals surface area (Å²) in [6, 6.07) is 1.10. The van der Waals surface area contributed by atoms with Crippen molar-refractivity contribution in [3.8, 4) is 0 Å². The minimum atomic E-state index is -1.33. The van der Waals surface area contributed by atoms with Gasteiger partial charge in [0.05, 0.1) is 10.6 Å². The van der Waals surface area contributed by atoms with Gasteiger partial charge < -0.3 is 10.5 Å². The highest BCUT2D eigenvalue weighted by Crippen LogP contribution is 2.21. The molecule has 0 saturated heterocycles. The number of nitrogens with two attached hydrogens (primary N) is 1. The first-order valence-corrected chi connectivity index (χ1v) is 7.34. The fraction of sp³-hybridized carbons (Fsp3) is 0.200. The van der Waals surface area contributed by atoms with Crippen molar-refractivity contribution in [1.82, 2.24) is 9.13 Å². The van der Waals surface area contributed by atoms with Gasteiger partial charge >= 0.3 is 11.7 Å². The summed E-state index contributed by atoms with van der Waals surface area (Å²) in [5.41, 5.74) is 2.86. The first kappa shape index (κ1) is 19.3. The molecule has 2 aromatic rings. The number of halogens is 3. The molecule has 0 amide bonds. The van der Waals surface area contributed by atoms with Crippen LogP contribution in [-0.4, -0.2) is 27.5 Å². The van der Waals surface area contributed by atoms with Crippen molar-refractivity contribution in [1.29, 1.82) is 0 Å². The van der Waals surface area contributed by atoms with Crippen molar-refractivity contribution >= 4 is 29.2 Å². The summed E-state index contributed by atoms with van der Waals surface area (Å²) in [6.45, 7) is -0.925. The fourth-order valence-electron chi connectivity index (χ4n) is 2.08. The molecule has 0 aliphatic rings. The number of ketones is 1. The molecule has 0 aliphatic carbocycles. The van der Waals surface area contributed by atoms with Crippen LogP contribution in [0.1, 0.15) is 20.7 Å². The Labute approximate surface area is 149 Å². The van der Waals surface area contributed by atoms with E-state index in [0.29, 0.717) is 16.7 Å². The van der Waals surface area contributed by atoms with Gasteiger partial charge in [0.2, 0.25) is 5.78 Å². The van der Waals surface area contributed by atoms with Crippen LogP contribution in [0.3, 0.4) is 0 Å². The van der Waals surface area contributed by atoms with Crippen LogP contribution in [0.4, 0.5) is 14.6 Å². The Balaban J connectivity index is 2.28. The van der Waals surface area contributed by atoms with Gasteiger partial charge in [-0.3, -0.25) is 18.7 Å². The van der Waals surface area contributed by atoms with Crippen LogP contribution in [0.25, 0.3) is 0 Å². The molecule has 0 fully saturated rings. The second-order valence-electron chi connectivity index (χ2n) is 5.21. The highest BCUT2D eigenvalue weighted by atomic mass is 35.5. The second-order valence-corrected chi connectivity index (χ2v) is 5.62. The van der Waals surface area contributed by atoms with Crippen molar-refractivity contribution in [2.45, 2.75) is 0 Å². The molecule has 26 heavy (non-hydrogen) atoms. The maximum absolute atomic E-state index is 13.2. The van der Waals surface area contributed by atoms with E-state index in [1.165, 1.54) is 7.05 Å². The van der Waals surface area contributed by atoms with Crippen LogP contribution in [-0.2, 0) is 18.8 Å². The number of nitrogen functional groups attached to an aromatic ring is 1. The number of ether oxygens (including phenoxy) is 1. The summed E-state index contributed by atoms with van der Waals surface area (Å²) < 4.78 is 32.5. The molecule has 2 N–H and O–H groups in total. The van der Waals surface area contributed by atoms with Crippen LogP contribution in [0, 0.1) is 11.6 Å². The molecule has 138 valence electrons. The number of aromatic nitrogens is 2. The third-order valence-electron chi connectivity index (χ3n) is 3.55. The second kappa shape index (κ2) is 7.08. The summed E-state index contributed by atoms with van der Waals surface area (Å²) in [5.74, 6) is -5.17. The van der Waals surface area contributed by atoms with E-state index in [2.05, 4.69) is 4.74 Å². The van der Waals surface area contributed by atoms with E-state index in [-0.39, 0.29) is 0 Å². The third-order valence-corrected chi connectivity index (χ3v) is 3.87. The molecule has 0 atom stereocenters. The maximum Gasteiger partial charge on any atom is 0.340 e. The standard InChI is InChI=1S/C15H12ClF2N3O5/c1-20-12(19)11(13(23)21(2)15(20)25)10(22)5-26-14(24)6-3-8(17)9(18)4-7(6)16/h3-4H,5,19H2,1-2H3. The number of hydrogen-bond donors (Lipinski definition) is 1. The van der Waals surface area contributed by atoms with Crippen molar-refractivity contribution in [2.75, 3.05) is 12.3 Å². The number of nitrogens with zero attached hydrogens (tertiary/aromatic N) is 2. The van der Waals surface area contributed by atoms with Gasteiger partial charge in [-0.15, -0.1) is 0 Å². The van der Waals surface area contributed by atoms with E-state index in [9.17, 15) is 28.0 Å². The number of hydrogen-bond acceptors (Lipinski definition) is 6. The number of carbonyl (C=O) groups excluding carboxylic acids is 2. The average Bonchev–Trinajstić information content (AvgIpc) is 2.59. The van der Waals surface area contributed by atoms with E-state index in [0.717, 1.165) is 11.6 Å². The van der Waals surface area contributed by atoms with Gasteiger partial charge in [-0.25, -0.2) is 18.4 Å². The predicted octanol–water partition coefficient (Wildman–Crippen LogP) is 0.637. The molecule has 2 rings (SSSR count). The summed E-state index contributed by atoms with van der Waals surface area (Å²) in [4.78, 5) is 47.8. The molecule has 0 bridgehead atoms. The lowest BCUT2D eigenvalue weighted by molar-refractivity contribution is 0.0474. The maximum atomic E-state index is 13.2. The van der Waals surface area contributed by atoms with Gasteiger partial charge in [0.25, 0.3) is 5.56 Å². The minimum absolute atomic E-state index is 0.398. The number of rotatable bonds is 4. The molecule has 0 radical (unpaired) electrons. The Morgan fingerprint density at radius 2 is 1.73 bits per heavy atom. The Morgan fingerprint density at radius 3 is 2.35 bits per heavy atom. The molecule has 1 aromatic carbocycles. The van der Waals surface area contributed by atoms with Gasteiger partial charge in [0.15, 0.2) is 18.2 Å². The molecule has 11 heteroatoms. The van der Waals surface area contributed by atoms with Gasteiger partial charge in [-0.2, -0.15) is 0 Å². The van der Waals surface area contributed by atoms with Crippen LogP contribution in [0.15, 0.2) is 21.7 Å². The normalized spacial score (nSPS) is 10.7. The topological polar surface area (TPSA) is 113 Å². The van der Waals surface area contributed by atoms with Crippen LogP contribution in [0.5, 0.6) is 0 Å². The highest BCUT2D eigenvalue weighted by molar-refractivity contribution is 6.33. The molecule has 1 heterocycles. The van der Waals surface area contributed by atoms with E-state index in [4.69, 9.17) is 17.3 Å². The first-order chi connectivity index (χ1) is 12.1. The first-order valence-electron chi connectivity index (χ1n) is 6.96. The molecule has 0 saturated carbocycles. The Hall–Kier alpha value is -3.01. The quantitative estimate of drug-likeness (QED) is 0.468. The van der Waals surface area contributed by atoms with Crippen molar-refractivity contribution < 1.29 is 23.1 Å². The van der Waals surface area contributed by atoms with Gasteiger partial charge in [0, 0.05) is 14.1 Å². The smallest absolute Gasteiger partial charge is 0.340 e. The number of carbonyl (C=O) groups is 2. The summed E-state index contributed by atoms with van der Waals surface area (Å²) in [6.07, 6.45) is 0. The predicted molar refractivity (Wildman–Crippen MR) is 87.3 cm³/mol. The number of esters is 1. The summed E-state index contributed by atoms with van der Waals surface area (Å²) in [7, 11) is 2.40. The van der Waals surface area contributed by atoms with Gasteiger partial charge in [-0.05, 0) is 12.1 Å². The van der Waals surface area contributed by atoms with E-state index >= 15 is 0 Å². The summed E-state index contributed by atoms with van der Waals surface area (Å²) >= 11 is 5.63. The average molecular weight is 388 g/mol. The number of Topliss-reactive ketones (excluding diaryl/α,β-unsaturated/α-hetero) is 1. The highest BCUT2D eigenvalue weighted by Gasteiger charge is 2.23. The molecule has 1 aromatic heterocycles. The lowest BCUT2D eigenvalue weighted by atomic mass is 10.2. The molecule has 0 unspecified atom stereocenters. The lowest BCUT2D eigenvalue weighted by Gasteiger charge is -2.11. The Morgan fingerprint density at radius 1 is 1.15 bits per heavy atom. The SMILES string of the molecule is Cn1c(N)c(C(=O)COC(=O)c2cc(F)c(F)cc2Cl)c(=O)n(C)c1=O. The van der Waals surface area contributed by atoms with E-state index in [1.54, 1.807) is 0 Å². The van der Waals surface area contributed by atoms with Crippen LogP contribution >= 0.6 is 11.6 Å². The zero-order valence-electron chi connectivity index (χ0n) is 13.5. The van der Waals surface area contributed by atoms with E-state index in [1.807, 2.05) is 0 Å². The minimum Gasteiger partial charge on any atom is -0.454 e. The number of anilines is 1. The van der Waals surface area contributed by atoms with Crippen molar-refractivity contribution in [3.63, 3.8) is 0 Å². The van der Waals surface area contributed by atoms with Crippen molar-refractivity contribution in [3.05, 3.63) is 60.8 Å². The van der Waals surface area contributed by atoms with E-state index < -0.39 is 63.2 Å². The largest absolute Gasteiger partial charge is 0.454 e. The molecular weight excluding hydrogens is 376 g/mol. The third kappa shape index (κ3) is 3.36. The van der Waals surface area contributed by atoms with Gasteiger partial charge in [-0.1, -0.05) is 11.6 Å². The number of benzene rings is 1. The zero-order chi connectivity index (χ0) is 19.8. The molecule has 0 aliphatic heterocycles. The van der Waals surface area contributed by atoms with Crippen molar-refractivity contribution in [2.24, 2.45) is 14.1 Å².